The molecular formula is C13H18N4O3. The molecule has 4 N–H and O–H groups in total. The number of aliphatic hydroxyl groups excluding tert-OH is 1. The lowest BCUT2D eigenvalue weighted by Gasteiger charge is -2.19. The van der Waals surface area contributed by atoms with Gasteiger partial charge < -0.3 is 20.5 Å². The van der Waals surface area contributed by atoms with Crippen LogP contribution in [0.3, 0.4) is 0 Å². The van der Waals surface area contributed by atoms with E-state index in [9.17, 15) is 9.90 Å². The minimum absolute atomic E-state index is 0.170. The van der Waals surface area contributed by atoms with Gasteiger partial charge in [0.1, 0.15) is 0 Å². The number of hydrogen-bond donors (Lipinski definition) is 3. The van der Waals surface area contributed by atoms with E-state index in [1.807, 2.05) is 0 Å². The highest BCUT2D eigenvalue weighted by atomic mass is 16.5. The number of hydrogen-bond acceptors (Lipinski definition) is 5. The van der Waals surface area contributed by atoms with Crippen molar-refractivity contribution in [3.8, 4) is 0 Å². The van der Waals surface area contributed by atoms with Crippen LogP contribution in [0.25, 0.3) is 10.9 Å². The van der Waals surface area contributed by atoms with Crippen LogP contribution in [0.4, 0.5) is 5.69 Å². The smallest absolute Gasteiger partial charge is 0.274 e. The van der Waals surface area contributed by atoms with Crippen LogP contribution in [-0.4, -0.2) is 59.5 Å². The Morgan fingerprint density at radius 1 is 1.60 bits per heavy atom. The van der Waals surface area contributed by atoms with Gasteiger partial charge in [0.25, 0.3) is 5.91 Å². The number of H-pyrrole nitrogens is 1. The molecule has 2 rings (SSSR count). The molecule has 20 heavy (non-hydrogen) atoms. The normalized spacial score (nSPS) is 12.6. The Morgan fingerprint density at radius 3 is 3.05 bits per heavy atom. The molecule has 1 aromatic carbocycles. The van der Waals surface area contributed by atoms with Crippen molar-refractivity contribution in [1.82, 2.24) is 15.1 Å². The summed E-state index contributed by atoms with van der Waals surface area (Å²) in [6.45, 7) is 0.342. The van der Waals surface area contributed by atoms with Gasteiger partial charge in [-0.25, -0.2) is 0 Å². The maximum Gasteiger partial charge on any atom is 0.274 e. The van der Waals surface area contributed by atoms with Gasteiger partial charge in [0.15, 0.2) is 5.69 Å². The Labute approximate surface area is 116 Å². The third-order valence-corrected chi connectivity index (χ3v) is 2.98. The Kier molecular flexibility index (Phi) is 4.21. The van der Waals surface area contributed by atoms with Crippen LogP contribution in [0.2, 0.25) is 0 Å². The molecule has 7 nitrogen and oxygen atoms in total. The van der Waals surface area contributed by atoms with E-state index in [4.69, 9.17) is 10.5 Å². The lowest BCUT2D eigenvalue weighted by Crippen LogP contribution is -2.36. The third-order valence-electron chi connectivity index (χ3n) is 2.98. The van der Waals surface area contributed by atoms with Crippen LogP contribution >= 0.6 is 0 Å². The summed E-state index contributed by atoms with van der Waals surface area (Å²) < 4.78 is 4.83. The molecule has 0 saturated heterocycles. The summed E-state index contributed by atoms with van der Waals surface area (Å²) in [5.41, 5.74) is 7.33. The number of carbonyl (C=O) groups excluding carboxylic acids is 1. The zero-order valence-corrected chi connectivity index (χ0v) is 11.5. The van der Waals surface area contributed by atoms with Gasteiger partial charge in [0.05, 0.1) is 18.2 Å². The number of aliphatic hydroxyl groups is 1. The highest BCUT2D eigenvalue weighted by molar-refractivity contribution is 6.05. The topological polar surface area (TPSA) is 104 Å². The average molecular weight is 278 g/mol. The fraction of sp³-hybridized carbons (Fsp3) is 0.385. The molecule has 0 spiro atoms. The number of methoxy groups -OCH3 is 1. The monoisotopic (exact) mass is 278 g/mol. The Balaban J connectivity index is 2.20. The van der Waals surface area contributed by atoms with E-state index in [1.165, 1.54) is 12.0 Å². The van der Waals surface area contributed by atoms with Crippen LogP contribution < -0.4 is 5.73 Å². The van der Waals surface area contributed by atoms with E-state index >= 15 is 0 Å². The van der Waals surface area contributed by atoms with Crippen LogP contribution in [0.15, 0.2) is 18.2 Å². The van der Waals surface area contributed by atoms with Gasteiger partial charge in [0, 0.05) is 31.8 Å². The van der Waals surface area contributed by atoms with E-state index in [0.717, 1.165) is 5.52 Å². The van der Waals surface area contributed by atoms with Gasteiger partial charge in [-0.15, -0.1) is 0 Å². The third kappa shape index (κ3) is 2.89. The van der Waals surface area contributed by atoms with E-state index in [2.05, 4.69) is 10.2 Å². The minimum Gasteiger partial charge on any atom is -0.399 e. The van der Waals surface area contributed by atoms with Crippen molar-refractivity contribution in [1.29, 1.82) is 0 Å². The van der Waals surface area contributed by atoms with Crippen molar-refractivity contribution >= 4 is 22.5 Å². The molecule has 1 amide bonds. The minimum atomic E-state index is -0.732. The maximum absolute atomic E-state index is 12.3. The van der Waals surface area contributed by atoms with E-state index in [0.29, 0.717) is 16.8 Å². The van der Waals surface area contributed by atoms with Crippen molar-refractivity contribution in [3.05, 3.63) is 23.9 Å². The summed E-state index contributed by atoms with van der Waals surface area (Å²) in [4.78, 5) is 13.7. The lowest BCUT2D eigenvalue weighted by molar-refractivity contribution is 0.0378. The first-order valence-corrected chi connectivity index (χ1v) is 6.19. The number of carbonyl (C=O) groups is 1. The molecule has 1 atom stereocenters. The standard InChI is InChI=1S/C13H18N4O3/c1-17(6-9(18)7-20-2)13(19)12-10-5-8(14)3-4-11(10)15-16-12/h3-5,9,18H,6-7,14H2,1-2H3,(H,15,16). The first-order valence-electron chi connectivity index (χ1n) is 6.19. The number of ether oxygens (including phenoxy) is 1. The molecule has 0 saturated carbocycles. The fourth-order valence-electron chi connectivity index (χ4n) is 2.02. The number of nitrogens with one attached hydrogen (secondary N) is 1. The maximum atomic E-state index is 12.3. The number of aromatic nitrogens is 2. The number of fused-ring (bicyclic) bond motifs is 1. The molecule has 1 heterocycles. The summed E-state index contributed by atoms with van der Waals surface area (Å²) >= 11 is 0. The van der Waals surface area contributed by atoms with Gasteiger partial charge in [-0.2, -0.15) is 5.10 Å². The Morgan fingerprint density at radius 2 is 2.35 bits per heavy atom. The molecule has 0 aliphatic heterocycles. The van der Waals surface area contributed by atoms with E-state index < -0.39 is 6.10 Å². The zero-order chi connectivity index (χ0) is 14.7. The fourth-order valence-corrected chi connectivity index (χ4v) is 2.02. The molecule has 0 fully saturated rings. The largest absolute Gasteiger partial charge is 0.399 e. The van der Waals surface area contributed by atoms with E-state index in [-0.39, 0.29) is 19.1 Å². The van der Waals surface area contributed by atoms with Gasteiger partial charge in [0.2, 0.25) is 0 Å². The van der Waals surface area contributed by atoms with Crippen molar-refractivity contribution in [2.45, 2.75) is 6.10 Å². The number of amides is 1. The second kappa shape index (κ2) is 5.89. The van der Waals surface area contributed by atoms with Crippen LogP contribution in [0.5, 0.6) is 0 Å². The number of rotatable bonds is 5. The van der Waals surface area contributed by atoms with Crippen molar-refractivity contribution < 1.29 is 14.6 Å². The summed E-state index contributed by atoms with van der Waals surface area (Å²) in [6, 6.07) is 5.21. The number of anilines is 1. The van der Waals surface area contributed by atoms with Crippen molar-refractivity contribution in [2.75, 3.05) is 33.0 Å². The number of nitrogens with two attached hydrogens (primary N) is 1. The van der Waals surface area contributed by atoms with Gasteiger partial charge in [-0.05, 0) is 18.2 Å². The van der Waals surface area contributed by atoms with Crippen LogP contribution in [0.1, 0.15) is 10.5 Å². The molecule has 1 unspecified atom stereocenters. The molecule has 108 valence electrons. The second-order valence-electron chi connectivity index (χ2n) is 4.67. The molecular weight excluding hydrogens is 260 g/mol. The molecule has 0 aliphatic rings. The SMILES string of the molecule is COCC(O)CN(C)C(=O)c1n[nH]c2ccc(N)cc12. The Hall–Kier alpha value is -2.12. The number of likely N-dealkylation sites (N-methyl/N-ethyl adjacent to an activating group) is 1. The van der Waals surface area contributed by atoms with Gasteiger partial charge in [-0.3, -0.25) is 9.89 Å². The van der Waals surface area contributed by atoms with Crippen LogP contribution in [-0.2, 0) is 4.74 Å². The summed E-state index contributed by atoms with van der Waals surface area (Å²) in [5, 5.41) is 17.1. The molecule has 0 radical (unpaired) electrons. The van der Waals surface area contributed by atoms with Gasteiger partial charge >= 0.3 is 0 Å². The Bertz CT molecular complexity index is 611. The molecule has 0 aliphatic carbocycles. The number of aromatic amines is 1. The first-order chi connectivity index (χ1) is 9.52. The highest BCUT2D eigenvalue weighted by Gasteiger charge is 2.20. The number of benzene rings is 1. The highest BCUT2D eigenvalue weighted by Crippen LogP contribution is 2.19. The van der Waals surface area contributed by atoms with Gasteiger partial charge in [-0.1, -0.05) is 0 Å². The van der Waals surface area contributed by atoms with Crippen molar-refractivity contribution in [3.63, 3.8) is 0 Å². The van der Waals surface area contributed by atoms with Crippen molar-refractivity contribution in [2.24, 2.45) is 0 Å². The molecule has 7 heteroatoms. The van der Waals surface area contributed by atoms with Crippen LogP contribution in [0, 0.1) is 0 Å². The molecule has 1 aromatic heterocycles. The molecule has 0 bridgehead atoms. The average Bonchev–Trinajstić information content (AvgIpc) is 2.80. The number of nitrogen functional groups attached to an aromatic ring is 1. The zero-order valence-electron chi connectivity index (χ0n) is 11.5. The lowest BCUT2D eigenvalue weighted by atomic mass is 10.1. The summed E-state index contributed by atoms with van der Waals surface area (Å²) in [6.07, 6.45) is -0.732. The van der Waals surface area contributed by atoms with E-state index in [1.54, 1.807) is 25.2 Å². The predicted octanol–water partition coefficient (Wildman–Crippen LogP) is 0.224. The molecule has 2 aromatic rings. The summed E-state index contributed by atoms with van der Waals surface area (Å²) in [7, 11) is 3.10. The quantitative estimate of drug-likeness (QED) is 0.679. The predicted molar refractivity (Wildman–Crippen MR) is 75.3 cm³/mol. The summed E-state index contributed by atoms with van der Waals surface area (Å²) in [5.74, 6) is -0.281. The first kappa shape index (κ1) is 14.3. The number of nitrogens with zero attached hydrogens (tertiary/aromatic N) is 2. The second-order valence-corrected chi connectivity index (χ2v) is 4.67.